The number of anilines is 1. The maximum atomic E-state index is 13.2. The highest BCUT2D eigenvalue weighted by Gasteiger charge is 2.27. The van der Waals surface area contributed by atoms with Crippen LogP contribution in [0.25, 0.3) is 16.8 Å². The zero-order valence-electron chi connectivity index (χ0n) is 17.8. The van der Waals surface area contributed by atoms with Gasteiger partial charge in [0.05, 0.1) is 24.6 Å². The Labute approximate surface area is 185 Å². The summed E-state index contributed by atoms with van der Waals surface area (Å²) in [4.78, 5) is 21.3. The molecule has 3 heterocycles. The highest BCUT2D eigenvalue weighted by molar-refractivity contribution is 7.88. The van der Waals surface area contributed by atoms with Crippen molar-refractivity contribution in [2.45, 2.75) is 37.8 Å². The molecule has 0 radical (unpaired) electrons. The van der Waals surface area contributed by atoms with Gasteiger partial charge in [-0.1, -0.05) is 0 Å². The smallest absolute Gasteiger partial charge is 0.253 e. The summed E-state index contributed by atoms with van der Waals surface area (Å²) in [6.07, 6.45) is 6.75. The van der Waals surface area contributed by atoms with E-state index in [-0.39, 0.29) is 23.8 Å². The Morgan fingerprint density at radius 1 is 1.19 bits per heavy atom. The third kappa shape index (κ3) is 4.65. The van der Waals surface area contributed by atoms with Gasteiger partial charge in [0, 0.05) is 29.9 Å². The van der Waals surface area contributed by atoms with Crippen molar-refractivity contribution in [1.29, 1.82) is 0 Å². The van der Waals surface area contributed by atoms with Crippen LogP contribution < -0.4 is 20.5 Å². The number of fused-ring (bicyclic) bond motifs is 1. The number of carbonyl (C=O) groups excluding carboxylic acids is 1. The second-order valence-electron chi connectivity index (χ2n) is 7.85. The van der Waals surface area contributed by atoms with E-state index in [1.165, 1.54) is 13.4 Å². The van der Waals surface area contributed by atoms with Gasteiger partial charge in [0.1, 0.15) is 11.8 Å². The predicted molar refractivity (Wildman–Crippen MR) is 119 cm³/mol. The van der Waals surface area contributed by atoms with Gasteiger partial charge in [-0.3, -0.25) is 4.79 Å². The Morgan fingerprint density at radius 2 is 1.91 bits per heavy atom. The Bertz CT molecular complexity index is 1250. The maximum Gasteiger partial charge on any atom is 0.253 e. The predicted octanol–water partition coefficient (Wildman–Crippen LogP) is 0.972. The van der Waals surface area contributed by atoms with Gasteiger partial charge in [0.15, 0.2) is 5.82 Å². The molecule has 3 aromatic rings. The van der Waals surface area contributed by atoms with Gasteiger partial charge in [0.25, 0.3) is 5.91 Å². The van der Waals surface area contributed by atoms with Crippen LogP contribution in [-0.4, -0.2) is 59.4 Å². The number of nitrogens with one attached hydrogen (secondary N) is 2. The average molecular weight is 460 g/mol. The van der Waals surface area contributed by atoms with E-state index in [0.717, 1.165) is 11.8 Å². The minimum Gasteiger partial charge on any atom is -0.481 e. The van der Waals surface area contributed by atoms with Crippen LogP contribution in [0.15, 0.2) is 30.7 Å². The van der Waals surface area contributed by atoms with Crippen molar-refractivity contribution in [2.24, 2.45) is 0 Å². The number of nitrogens with zero attached hydrogens (tertiary/aromatic N) is 4. The minimum absolute atomic E-state index is 0.0645. The molecule has 0 unspecified atom stereocenters. The molecule has 1 aliphatic rings. The Balaban J connectivity index is 1.58. The topological polar surface area (TPSA) is 154 Å². The molecule has 1 aliphatic carbocycles. The molecule has 1 fully saturated rings. The molecule has 0 aromatic carbocycles. The maximum absolute atomic E-state index is 13.2. The molecule has 170 valence electrons. The Morgan fingerprint density at radius 3 is 2.59 bits per heavy atom. The summed E-state index contributed by atoms with van der Waals surface area (Å²) in [7, 11) is -1.72. The van der Waals surface area contributed by atoms with E-state index in [4.69, 9.17) is 10.5 Å². The fourth-order valence-corrected chi connectivity index (χ4v) is 4.89. The first-order valence-corrected chi connectivity index (χ1v) is 12.0. The van der Waals surface area contributed by atoms with E-state index in [0.29, 0.717) is 48.3 Å². The van der Waals surface area contributed by atoms with Gasteiger partial charge in [-0.2, -0.15) is 5.10 Å². The van der Waals surface area contributed by atoms with Crippen LogP contribution in [0.5, 0.6) is 5.88 Å². The number of aromatic nitrogens is 4. The van der Waals surface area contributed by atoms with Gasteiger partial charge in [-0.25, -0.2) is 27.6 Å². The molecule has 4 N–H and O–H groups in total. The summed E-state index contributed by atoms with van der Waals surface area (Å²) in [6, 6.07) is 5.09. The van der Waals surface area contributed by atoms with Crippen molar-refractivity contribution in [2.75, 3.05) is 19.1 Å². The number of nitrogen functional groups attached to an aromatic ring is 1. The van der Waals surface area contributed by atoms with E-state index in [1.807, 2.05) is 0 Å². The van der Waals surface area contributed by atoms with Crippen molar-refractivity contribution in [3.8, 4) is 17.1 Å². The van der Waals surface area contributed by atoms with Crippen LogP contribution in [-0.2, 0) is 10.0 Å². The molecule has 0 aliphatic heterocycles. The first-order chi connectivity index (χ1) is 15.2. The van der Waals surface area contributed by atoms with Crippen molar-refractivity contribution in [3.63, 3.8) is 0 Å². The molecule has 0 spiro atoms. The lowest BCUT2D eigenvalue weighted by Crippen LogP contribution is -2.43. The summed E-state index contributed by atoms with van der Waals surface area (Å²) in [5, 5.41) is 7.33. The van der Waals surface area contributed by atoms with Crippen molar-refractivity contribution < 1.29 is 17.9 Å². The molecule has 0 atom stereocenters. The third-order valence-electron chi connectivity index (χ3n) is 5.51. The zero-order chi connectivity index (χ0) is 22.9. The molecule has 0 saturated heterocycles. The second kappa shape index (κ2) is 8.71. The molecule has 0 bridgehead atoms. The largest absolute Gasteiger partial charge is 0.481 e. The van der Waals surface area contributed by atoms with Crippen LogP contribution in [0.2, 0.25) is 0 Å². The van der Waals surface area contributed by atoms with Gasteiger partial charge >= 0.3 is 0 Å². The number of hydrogen-bond acceptors (Lipinski definition) is 8. The number of methoxy groups -OCH3 is 1. The van der Waals surface area contributed by atoms with Gasteiger partial charge in [-0.15, -0.1) is 0 Å². The van der Waals surface area contributed by atoms with Gasteiger partial charge in [0.2, 0.25) is 15.9 Å². The first kappa shape index (κ1) is 22.0. The molecule has 1 saturated carbocycles. The van der Waals surface area contributed by atoms with E-state index < -0.39 is 10.0 Å². The van der Waals surface area contributed by atoms with E-state index >= 15 is 0 Å². The molecule has 32 heavy (non-hydrogen) atoms. The lowest BCUT2D eigenvalue weighted by Gasteiger charge is -2.29. The quantitative estimate of drug-likeness (QED) is 0.493. The lowest BCUT2D eigenvalue weighted by molar-refractivity contribution is 0.0927. The van der Waals surface area contributed by atoms with Gasteiger partial charge in [-0.05, 0) is 37.8 Å². The number of amides is 1. The Kier molecular flexibility index (Phi) is 5.98. The monoisotopic (exact) mass is 459 g/mol. The summed E-state index contributed by atoms with van der Waals surface area (Å²) in [5.74, 6) is 0.346. The normalized spacial score (nSPS) is 19.1. The first-order valence-electron chi connectivity index (χ1n) is 10.2. The second-order valence-corrected chi connectivity index (χ2v) is 9.63. The lowest BCUT2D eigenvalue weighted by atomic mass is 9.91. The highest BCUT2D eigenvalue weighted by atomic mass is 32.2. The summed E-state index contributed by atoms with van der Waals surface area (Å²) in [5.41, 5.74) is 8.30. The minimum atomic E-state index is -3.25. The van der Waals surface area contributed by atoms with Crippen LogP contribution in [0.3, 0.4) is 0 Å². The standard InChI is InChI=1S/C20H25N7O4S/c1-31-17-9-12(7-8-22-17)16-10-15(18-19(21)23-11-24-27(16)18)20(28)25-13-3-5-14(6-4-13)26-32(2,29)30/h7-11,13-14,26H,3-6H2,1-2H3,(H,25,28)(H2,21,23,24)/t13-,14-. The van der Waals surface area contributed by atoms with Crippen LogP contribution in [0.4, 0.5) is 5.82 Å². The molecular weight excluding hydrogens is 434 g/mol. The van der Waals surface area contributed by atoms with Crippen LogP contribution >= 0.6 is 0 Å². The van der Waals surface area contributed by atoms with Crippen molar-refractivity contribution >= 4 is 27.3 Å². The number of nitrogens with two attached hydrogens (primary N) is 1. The van der Waals surface area contributed by atoms with E-state index in [9.17, 15) is 13.2 Å². The zero-order valence-corrected chi connectivity index (χ0v) is 18.6. The summed E-state index contributed by atoms with van der Waals surface area (Å²) in [6.45, 7) is 0. The van der Waals surface area contributed by atoms with Crippen LogP contribution in [0.1, 0.15) is 36.0 Å². The number of hydrogen-bond donors (Lipinski definition) is 3. The highest BCUT2D eigenvalue weighted by Crippen LogP contribution is 2.29. The molecular formula is C20H25N7O4S. The number of carbonyl (C=O) groups is 1. The molecule has 4 rings (SSSR count). The number of ether oxygens (including phenoxy) is 1. The average Bonchev–Trinajstić information content (AvgIpc) is 3.15. The molecule has 11 nitrogen and oxygen atoms in total. The van der Waals surface area contributed by atoms with E-state index in [2.05, 4.69) is 25.1 Å². The number of rotatable bonds is 6. The fourth-order valence-electron chi connectivity index (χ4n) is 4.05. The summed E-state index contributed by atoms with van der Waals surface area (Å²) >= 11 is 0. The number of sulfonamides is 1. The van der Waals surface area contributed by atoms with Crippen molar-refractivity contribution in [1.82, 2.24) is 29.6 Å². The van der Waals surface area contributed by atoms with Crippen molar-refractivity contribution in [3.05, 3.63) is 36.3 Å². The summed E-state index contributed by atoms with van der Waals surface area (Å²) < 4.78 is 32.3. The molecule has 1 amide bonds. The molecule has 12 heteroatoms. The number of pyridine rings is 1. The van der Waals surface area contributed by atoms with Gasteiger partial charge < -0.3 is 15.8 Å². The molecule has 3 aromatic heterocycles. The fraction of sp³-hybridized carbons (Fsp3) is 0.400. The van der Waals surface area contributed by atoms with Crippen LogP contribution in [0, 0.1) is 0 Å². The van der Waals surface area contributed by atoms with E-state index in [1.54, 1.807) is 28.9 Å². The third-order valence-corrected chi connectivity index (χ3v) is 6.27. The Hall–Kier alpha value is -3.25. The SMILES string of the molecule is COc1cc(-c2cc(C(=O)N[C@H]3CC[C@H](NS(C)(=O)=O)CC3)c3c(N)ncnn23)ccn1.